The molecule has 1 aliphatic heterocycles. The Kier molecular flexibility index (Phi) is 7.26. The van der Waals surface area contributed by atoms with Gasteiger partial charge in [-0.15, -0.1) is 0 Å². The lowest BCUT2D eigenvalue weighted by molar-refractivity contribution is -0.0586. The summed E-state index contributed by atoms with van der Waals surface area (Å²) in [4.78, 5) is 14.8. The molecule has 1 aliphatic rings. The van der Waals surface area contributed by atoms with Crippen LogP contribution in [0.3, 0.4) is 0 Å². The molecular formula is C26H27ClN2O4S. The lowest BCUT2D eigenvalue weighted by Gasteiger charge is -2.35. The van der Waals surface area contributed by atoms with Crippen LogP contribution in [0.4, 0.5) is 5.69 Å². The van der Waals surface area contributed by atoms with Gasteiger partial charge in [-0.05, 0) is 49.7 Å². The van der Waals surface area contributed by atoms with E-state index in [1.165, 1.54) is 16.4 Å². The second-order valence-corrected chi connectivity index (χ2v) is 10.7. The van der Waals surface area contributed by atoms with Gasteiger partial charge in [-0.2, -0.15) is 0 Å². The van der Waals surface area contributed by atoms with Crippen molar-refractivity contribution in [1.82, 2.24) is 4.90 Å². The van der Waals surface area contributed by atoms with Gasteiger partial charge >= 0.3 is 0 Å². The Hall–Kier alpha value is -2.87. The number of hydrogen-bond acceptors (Lipinski definition) is 4. The van der Waals surface area contributed by atoms with E-state index in [4.69, 9.17) is 16.3 Å². The van der Waals surface area contributed by atoms with Gasteiger partial charge in [0.15, 0.2) is 0 Å². The second kappa shape index (κ2) is 10.2. The summed E-state index contributed by atoms with van der Waals surface area (Å²) in [6.45, 7) is 4.83. The third-order valence-corrected chi connectivity index (χ3v) is 7.92. The van der Waals surface area contributed by atoms with Crippen molar-refractivity contribution in [3.05, 3.63) is 95.0 Å². The zero-order valence-corrected chi connectivity index (χ0v) is 20.7. The lowest BCUT2D eigenvalue weighted by atomic mass is 10.1. The van der Waals surface area contributed by atoms with Crippen LogP contribution in [-0.4, -0.2) is 44.5 Å². The van der Waals surface area contributed by atoms with Crippen LogP contribution in [0.25, 0.3) is 0 Å². The van der Waals surface area contributed by atoms with Crippen LogP contribution in [-0.2, 0) is 21.3 Å². The SMILES string of the molecule is CC1CN(C(=O)c2ccc(Cl)c(S(=O)(=O)N(Cc3ccccc3)c3ccccc3)c2)CC(C)O1. The smallest absolute Gasteiger partial charge is 0.266 e. The zero-order valence-electron chi connectivity index (χ0n) is 19.1. The van der Waals surface area contributed by atoms with Gasteiger partial charge in [0.25, 0.3) is 15.9 Å². The summed E-state index contributed by atoms with van der Waals surface area (Å²) in [7, 11) is -4.09. The molecule has 3 aromatic rings. The number of carbonyl (C=O) groups is 1. The van der Waals surface area contributed by atoms with Crippen LogP contribution in [0.5, 0.6) is 0 Å². The molecule has 6 nitrogen and oxygen atoms in total. The largest absolute Gasteiger partial charge is 0.372 e. The maximum atomic E-state index is 13.9. The van der Waals surface area contributed by atoms with E-state index in [0.717, 1.165) is 5.56 Å². The molecule has 0 N–H and O–H groups in total. The Morgan fingerprint density at radius 2 is 1.56 bits per heavy atom. The van der Waals surface area contributed by atoms with Gasteiger partial charge < -0.3 is 9.64 Å². The standard InChI is InChI=1S/C26H27ClN2O4S/c1-19-16-28(17-20(2)33-19)26(30)22-13-14-24(27)25(15-22)34(31,32)29(23-11-7-4-8-12-23)18-21-9-5-3-6-10-21/h3-15,19-20H,16-18H2,1-2H3. The Labute approximate surface area is 205 Å². The molecule has 2 atom stereocenters. The predicted molar refractivity (Wildman–Crippen MR) is 134 cm³/mol. The minimum Gasteiger partial charge on any atom is -0.372 e. The van der Waals surface area contributed by atoms with Crippen LogP contribution in [0.2, 0.25) is 5.02 Å². The first-order valence-electron chi connectivity index (χ1n) is 11.1. The van der Waals surface area contributed by atoms with Gasteiger partial charge in [0.1, 0.15) is 4.90 Å². The van der Waals surface area contributed by atoms with Gasteiger partial charge in [-0.3, -0.25) is 9.10 Å². The number of para-hydroxylation sites is 1. The van der Waals surface area contributed by atoms with E-state index in [1.807, 2.05) is 50.2 Å². The first-order chi connectivity index (χ1) is 16.3. The number of halogens is 1. The molecule has 1 amide bonds. The Bertz CT molecular complexity index is 1240. The molecule has 1 saturated heterocycles. The molecule has 8 heteroatoms. The van der Waals surface area contributed by atoms with Crippen LogP contribution >= 0.6 is 11.6 Å². The molecule has 4 rings (SSSR count). The fourth-order valence-electron chi connectivity index (χ4n) is 4.14. The summed E-state index contributed by atoms with van der Waals surface area (Å²) in [5.74, 6) is -0.246. The second-order valence-electron chi connectivity index (χ2n) is 8.45. The molecular weight excluding hydrogens is 472 g/mol. The number of nitrogens with zero attached hydrogens (tertiary/aromatic N) is 2. The van der Waals surface area contributed by atoms with E-state index in [9.17, 15) is 13.2 Å². The Morgan fingerprint density at radius 1 is 0.971 bits per heavy atom. The molecule has 1 fully saturated rings. The summed E-state index contributed by atoms with van der Waals surface area (Å²) in [6.07, 6.45) is -0.190. The van der Waals surface area contributed by atoms with Crippen molar-refractivity contribution in [3.63, 3.8) is 0 Å². The van der Waals surface area contributed by atoms with Crippen molar-refractivity contribution in [2.45, 2.75) is 37.5 Å². The number of ether oxygens (including phenoxy) is 1. The van der Waals surface area contributed by atoms with Crippen LogP contribution in [0, 0.1) is 0 Å². The number of benzene rings is 3. The van der Waals surface area contributed by atoms with E-state index in [0.29, 0.717) is 18.8 Å². The summed E-state index contributed by atoms with van der Waals surface area (Å²) < 4.78 is 34.9. The highest BCUT2D eigenvalue weighted by Gasteiger charge is 2.31. The molecule has 0 aromatic heterocycles. The minimum atomic E-state index is -4.09. The van der Waals surface area contributed by atoms with Crippen molar-refractivity contribution < 1.29 is 17.9 Å². The average molecular weight is 499 g/mol. The van der Waals surface area contributed by atoms with Crippen LogP contribution in [0.15, 0.2) is 83.8 Å². The fraction of sp³-hybridized carbons (Fsp3) is 0.269. The van der Waals surface area contributed by atoms with Gasteiger partial charge in [0, 0.05) is 18.7 Å². The van der Waals surface area contributed by atoms with E-state index in [2.05, 4.69) is 0 Å². The van der Waals surface area contributed by atoms with Gasteiger partial charge in [-0.1, -0.05) is 60.1 Å². The van der Waals surface area contributed by atoms with E-state index >= 15 is 0 Å². The number of rotatable bonds is 6. The van der Waals surface area contributed by atoms with Crippen molar-refractivity contribution in [2.75, 3.05) is 17.4 Å². The summed E-state index contributed by atoms with van der Waals surface area (Å²) >= 11 is 6.40. The Balaban J connectivity index is 1.73. The highest BCUT2D eigenvalue weighted by atomic mass is 35.5. The minimum absolute atomic E-state index is 0.0641. The van der Waals surface area contributed by atoms with Crippen LogP contribution < -0.4 is 4.31 Å². The highest BCUT2D eigenvalue weighted by Crippen LogP contribution is 2.31. The normalized spacial score (nSPS) is 18.5. The topological polar surface area (TPSA) is 66.9 Å². The molecule has 1 heterocycles. The maximum Gasteiger partial charge on any atom is 0.266 e. The van der Waals surface area contributed by atoms with Crippen molar-refractivity contribution >= 4 is 33.2 Å². The predicted octanol–water partition coefficient (Wildman–Crippen LogP) is 4.98. The molecule has 0 spiro atoms. The fourth-order valence-corrected chi connectivity index (χ4v) is 6.09. The maximum absolute atomic E-state index is 13.9. The number of hydrogen-bond donors (Lipinski definition) is 0. The summed E-state index contributed by atoms with van der Waals surface area (Å²) in [5.41, 5.74) is 1.61. The number of sulfonamides is 1. The van der Waals surface area contributed by atoms with E-state index in [1.54, 1.807) is 35.2 Å². The Morgan fingerprint density at radius 3 is 2.18 bits per heavy atom. The molecule has 0 bridgehead atoms. The molecule has 2 unspecified atom stereocenters. The van der Waals surface area contributed by atoms with Gasteiger partial charge in [0.2, 0.25) is 0 Å². The lowest BCUT2D eigenvalue weighted by Crippen LogP contribution is -2.48. The van der Waals surface area contributed by atoms with Crippen molar-refractivity contribution in [1.29, 1.82) is 0 Å². The highest BCUT2D eigenvalue weighted by molar-refractivity contribution is 7.93. The van der Waals surface area contributed by atoms with E-state index in [-0.39, 0.29) is 40.1 Å². The molecule has 178 valence electrons. The number of amides is 1. The zero-order chi connectivity index (χ0) is 24.3. The molecule has 34 heavy (non-hydrogen) atoms. The molecule has 0 saturated carbocycles. The molecule has 0 radical (unpaired) electrons. The summed E-state index contributed by atoms with van der Waals surface area (Å²) in [6, 6.07) is 22.6. The quantitative estimate of drug-likeness (QED) is 0.480. The van der Waals surface area contributed by atoms with Gasteiger partial charge in [-0.25, -0.2) is 8.42 Å². The number of carbonyl (C=O) groups excluding carboxylic acids is 1. The van der Waals surface area contributed by atoms with Crippen molar-refractivity contribution in [3.8, 4) is 0 Å². The first-order valence-corrected chi connectivity index (χ1v) is 12.9. The molecule has 3 aromatic carbocycles. The number of morpholine rings is 1. The average Bonchev–Trinajstić information content (AvgIpc) is 2.83. The van der Waals surface area contributed by atoms with Crippen LogP contribution in [0.1, 0.15) is 29.8 Å². The monoisotopic (exact) mass is 498 g/mol. The summed E-state index contributed by atoms with van der Waals surface area (Å²) in [5, 5.41) is 0.0641. The molecule has 0 aliphatic carbocycles. The number of anilines is 1. The third kappa shape index (κ3) is 5.27. The first kappa shape index (κ1) is 24.3. The van der Waals surface area contributed by atoms with Gasteiger partial charge in [0.05, 0.1) is 29.5 Å². The van der Waals surface area contributed by atoms with E-state index < -0.39 is 10.0 Å². The van der Waals surface area contributed by atoms with Crippen molar-refractivity contribution in [2.24, 2.45) is 0 Å². The third-order valence-electron chi connectivity index (χ3n) is 5.67.